The molecule has 1 aliphatic heterocycles. The van der Waals surface area contributed by atoms with Gasteiger partial charge in [0.15, 0.2) is 0 Å². The topological polar surface area (TPSA) is 95.9 Å². The minimum Gasteiger partial charge on any atom is -0.481 e. The van der Waals surface area contributed by atoms with Gasteiger partial charge in [0.1, 0.15) is 6.61 Å². The molecule has 1 saturated heterocycles. The Balaban J connectivity index is 1.16. The molecular formula is C28H32N2O5. The lowest BCUT2D eigenvalue weighted by Crippen LogP contribution is -2.40. The third kappa shape index (κ3) is 4.64. The molecule has 2 aliphatic carbocycles. The van der Waals surface area contributed by atoms with E-state index in [1.165, 1.54) is 22.3 Å². The second-order valence-electron chi connectivity index (χ2n) is 10.2. The number of carboxylic acid groups (broad SMARTS) is 1. The molecule has 0 aromatic heterocycles. The molecule has 7 heteroatoms. The molecule has 4 unspecified atom stereocenters. The number of ether oxygens (including phenoxy) is 1. The highest BCUT2D eigenvalue weighted by Crippen LogP contribution is 2.44. The van der Waals surface area contributed by atoms with Crippen LogP contribution in [-0.4, -0.2) is 53.7 Å². The predicted molar refractivity (Wildman–Crippen MR) is 131 cm³/mol. The number of fused-ring (bicyclic) bond motifs is 3. The molecule has 35 heavy (non-hydrogen) atoms. The molecule has 7 nitrogen and oxygen atoms in total. The van der Waals surface area contributed by atoms with Crippen molar-refractivity contribution >= 4 is 18.0 Å². The van der Waals surface area contributed by atoms with Gasteiger partial charge in [0.05, 0.1) is 5.92 Å². The molecule has 2 aromatic carbocycles. The molecule has 5 rings (SSSR count). The summed E-state index contributed by atoms with van der Waals surface area (Å²) in [4.78, 5) is 38.7. The van der Waals surface area contributed by atoms with Crippen molar-refractivity contribution in [2.24, 2.45) is 17.8 Å². The van der Waals surface area contributed by atoms with Crippen molar-refractivity contribution in [2.75, 3.05) is 19.7 Å². The highest BCUT2D eigenvalue weighted by Gasteiger charge is 2.39. The molecule has 2 fully saturated rings. The van der Waals surface area contributed by atoms with Gasteiger partial charge in [-0.3, -0.25) is 9.59 Å². The standard InChI is InChI=1S/C28H32N2O5/c1-17-14-30(15-23(17)27(32)33)26(31)13-18-7-6-12-25(18)29-28(34)35-16-24-21-10-4-2-8-19(21)20-9-3-5-11-22(20)24/h2-5,8-11,17-18,23-25H,6-7,12-16H2,1H3,(H,29,34)(H,32,33). The number of hydrogen-bond donors (Lipinski definition) is 2. The van der Waals surface area contributed by atoms with Crippen molar-refractivity contribution in [1.29, 1.82) is 0 Å². The number of benzene rings is 2. The number of rotatable bonds is 6. The molecule has 0 bridgehead atoms. The van der Waals surface area contributed by atoms with Gasteiger partial charge in [-0.05, 0) is 46.9 Å². The van der Waals surface area contributed by atoms with Crippen LogP contribution in [0.3, 0.4) is 0 Å². The molecule has 1 saturated carbocycles. The summed E-state index contributed by atoms with van der Waals surface area (Å²) < 4.78 is 5.70. The summed E-state index contributed by atoms with van der Waals surface area (Å²) in [6, 6.07) is 16.4. The number of likely N-dealkylation sites (tertiary alicyclic amines) is 1. The zero-order valence-electron chi connectivity index (χ0n) is 20.0. The monoisotopic (exact) mass is 476 g/mol. The van der Waals surface area contributed by atoms with Crippen LogP contribution in [0.5, 0.6) is 0 Å². The van der Waals surface area contributed by atoms with Crippen molar-refractivity contribution in [2.45, 2.75) is 44.6 Å². The maximum atomic E-state index is 12.9. The minimum absolute atomic E-state index is 0.00781. The number of carbonyl (C=O) groups excluding carboxylic acids is 2. The van der Waals surface area contributed by atoms with Crippen LogP contribution in [0.4, 0.5) is 4.79 Å². The van der Waals surface area contributed by atoms with Crippen LogP contribution in [-0.2, 0) is 14.3 Å². The second-order valence-corrected chi connectivity index (χ2v) is 10.2. The minimum atomic E-state index is -0.844. The van der Waals surface area contributed by atoms with Crippen molar-refractivity contribution in [3.63, 3.8) is 0 Å². The SMILES string of the molecule is CC1CN(C(=O)CC2CCCC2NC(=O)OCC2c3ccccc3-c3ccccc32)CC1C(=O)O. The number of alkyl carbamates (subject to hydrolysis) is 1. The fourth-order valence-corrected chi connectivity index (χ4v) is 6.11. The van der Waals surface area contributed by atoms with Crippen LogP contribution in [0.1, 0.15) is 49.7 Å². The molecule has 2 N–H and O–H groups in total. The van der Waals surface area contributed by atoms with Crippen LogP contribution in [0.15, 0.2) is 48.5 Å². The lowest BCUT2D eigenvalue weighted by atomic mass is 9.98. The molecule has 184 valence electrons. The largest absolute Gasteiger partial charge is 0.481 e. The maximum Gasteiger partial charge on any atom is 0.407 e. The van der Waals surface area contributed by atoms with E-state index in [1.54, 1.807) is 4.90 Å². The Hall–Kier alpha value is -3.35. The Morgan fingerprint density at radius 3 is 2.29 bits per heavy atom. The van der Waals surface area contributed by atoms with Crippen molar-refractivity contribution < 1.29 is 24.2 Å². The third-order valence-corrected chi connectivity index (χ3v) is 8.03. The summed E-state index contributed by atoms with van der Waals surface area (Å²) in [5, 5.41) is 12.4. The number of carboxylic acids is 1. The third-order valence-electron chi connectivity index (χ3n) is 8.03. The van der Waals surface area contributed by atoms with Gasteiger partial charge in [-0.1, -0.05) is 61.9 Å². The summed E-state index contributed by atoms with van der Waals surface area (Å²) in [5.41, 5.74) is 4.72. The molecular weight excluding hydrogens is 444 g/mol. The molecule has 3 aliphatic rings. The molecule has 1 heterocycles. The van der Waals surface area contributed by atoms with Crippen LogP contribution >= 0.6 is 0 Å². The number of carbonyl (C=O) groups is 3. The van der Waals surface area contributed by atoms with Crippen molar-refractivity contribution in [1.82, 2.24) is 10.2 Å². The highest BCUT2D eigenvalue weighted by atomic mass is 16.5. The van der Waals surface area contributed by atoms with E-state index in [0.717, 1.165) is 19.3 Å². The number of amides is 2. The Morgan fingerprint density at radius 2 is 1.66 bits per heavy atom. The van der Waals surface area contributed by atoms with Gasteiger partial charge in [-0.25, -0.2) is 4.79 Å². The fraction of sp³-hybridized carbons (Fsp3) is 0.464. The van der Waals surface area contributed by atoms with E-state index in [2.05, 4.69) is 29.6 Å². The molecule has 0 radical (unpaired) electrons. The summed E-state index contributed by atoms with van der Waals surface area (Å²) in [6.07, 6.45) is 2.51. The Labute approximate surface area is 205 Å². The van der Waals surface area contributed by atoms with Crippen LogP contribution < -0.4 is 5.32 Å². The normalized spacial score (nSPS) is 25.2. The van der Waals surface area contributed by atoms with Gasteiger partial charge in [0, 0.05) is 31.5 Å². The molecule has 2 amide bonds. The first-order chi connectivity index (χ1) is 16.9. The first-order valence-corrected chi connectivity index (χ1v) is 12.5. The van der Waals surface area contributed by atoms with E-state index >= 15 is 0 Å². The second kappa shape index (κ2) is 9.72. The number of nitrogens with one attached hydrogen (secondary N) is 1. The zero-order valence-corrected chi connectivity index (χ0v) is 20.0. The highest BCUT2D eigenvalue weighted by molar-refractivity contribution is 5.80. The van der Waals surface area contributed by atoms with Gasteiger partial charge >= 0.3 is 12.1 Å². The number of nitrogens with zero attached hydrogens (tertiary/aromatic N) is 1. The van der Waals surface area contributed by atoms with Gasteiger partial charge in [-0.2, -0.15) is 0 Å². The predicted octanol–water partition coefficient (Wildman–Crippen LogP) is 4.26. The molecule has 0 spiro atoms. The Morgan fingerprint density at radius 1 is 1.00 bits per heavy atom. The first kappa shape index (κ1) is 23.4. The van der Waals surface area contributed by atoms with Gasteiger partial charge in [0.2, 0.25) is 5.91 Å². The number of hydrogen-bond acceptors (Lipinski definition) is 4. The van der Waals surface area contributed by atoms with Gasteiger partial charge < -0.3 is 20.1 Å². The summed E-state index contributed by atoms with van der Waals surface area (Å²) in [6.45, 7) is 2.89. The smallest absolute Gasteiger partial charge is 0.407 e. The van der Waals surface area contributed by atoms with Gasteiger partial charge in [-0.15, -0.1) is 0 Å². The lowest BCUT2D eigenvalue weighted by Gasteiger charge is -2.24. The van der Waals surface area contributed by atoms with Crippen molar-refractivity contribution in [3.8, 4) is 11.1 Å². The fourth-order valence-electron chi connectivity index (χ4n) is 6.11. The quantitative estimate of drug-likeness (QED) is 0.649. The lowest BCUT2D eigenvalue weighted by molar-refractivity contribution is -0.142. The van der Waals surface area contributed by atoms with Crippen LogP contribution in [0.25, 0.3) is 11.1 Å². The number of aliphatic carboxylic acids is 1. The van der Waals surface area contributed by atoms with E-state index in [9.17, 15) is 19.5 Å². The zero-order chi connectivity index (χ0) is 24.5. The van der Waals surface area contributed by atoms with Crippen LogP contribution in [0.2, 0.25) is 0 Å². The Kier molecular flexibility index (Phi) is 6.50. The average molecular weight is 477 g/mol. The summed E-state index contributed by atoms with van der Waals surface area (Å²) in [7, 11) is 0. The molecule has 4 atom stereocenters. The van der Waals surface area contributed by atoms with E-state index in [0.29, 0.717) is 13.0 Å². The van der Waals surface area contributed by atoms with Gasteiger partial charge in [0.25, 0.3) is 0 Å². The summed E-state index contributed by atoms with van der Waals surface area (Å²) in [5.74, 6) is -1.36. The first-order valence-electron chi connectivity index (χ1n) is 12.5. The Bertz CT molecular complexity index is 1090. The maximum absolute atomic E-state index is 12.9. The van der Waals surface area contributed by atoms with E-state index in [4.69, 9.17) is 4.74 Å². The molecule has 2 aromatic rings. The van der Waals surface area contributed by atoms with Crippen molar-refractivity contribution in [3.05, 3.63) is 59.7 Å². The van der Waals surface area contributed by atoms with E-state index < -0.39 is 18.0 Å². The average Bonchev–Trinajstić information content (AvgIpc) is 3.54. The van der Waals surface area contributed by atoms with Crippen LogP contribution in [0, 0.1) is 17.8 Å². The van der Waals surface area contributed by atoms with E-state index in [-0.39, 0.29) is 42.9 Å². The summed E-state index contributed by atoms with van der Waals surface area (Å²) >= 11 is 0. The van der Waals surface area contributed by atoms with E-state index in [1.807, 2.05) is 31.2 Å².